The van der Waals surface area contributed by atoms with Gasteiger partial charge in [0, 0.05) is 29.5 Å². The van der Waals surface area contributed by atoms with Gasteiger partial charge >= 0.3 is 0 Å². The standard InChI is InChI=1S/C28H37ClF2N2O2S2.C7H7F.3C2H6/c1-8-9-10-13-33-37(7,34)22-15-25(30)23(26(31)16-22)18-36-20(3)32-17-19(2)28(4,5)21-11-12-24(29)27(14-21)35-6;1-6-2-4-7(8)5-3-6;3*1-2/h11-12,14-17H,7-10,13,18H2,1-6H3,(H,33,34);2-5H,1H3;3*1-2H3/b19-17+,32-20?;;;;. The molecule has 0 radical (unpaired) electrons. The molecule has 0 bridgehead atoms. The first kappa shape index (κ1) is 50.4. The number of methoxy groups -OCH3 is 1. The maximum absolute atomic E-state index is 14.8. The average Bonchev–Trinajstić information content (AvgIpc) is 3.12. The fraction of sp³-hybridized carbons (Fsp3) is 0.463. The van der Waals surface area contributed by atoms with E-state index in [1.807, 2.05) is 67.5 Å². The Balaban J connectivity index is 0. The minimum atomic E-state index is -2.98. The summed E-state index contributed by atoms with van der Waals surface area (Å²) in [7, 11) is -1.40. The van der Waals surface area contributed by atoms with Crippen LogP contribution >= 0.6 is 23.4 Å². The second kappa shape index (κ2) is 27.0. The molecule has 51 heavy (non-hydrogen) atoms. The summed E-state index contributed by atoms with van der Waals surface area (Å²) >= 11 is 7.39. The SMILES string of the molecule is C=S(=O)(NCCCCC)c1cc(F)c(CSC(C)=N/C=C(\C)C(C)(C)c2ccc(Cl)c(OC)c2)c(F)c1.CC.CC.CC.Cc1ccc(F)cc1. The Morgan fingerprint density at radius 3 is 2.00 bits per heavy atom. The van der Waals surface area contributed by atoms with Crippen LogP contribution < -0.4 is 9.46 Å². The van der Waals surface area contributed by atoms with Crippen molar-refractivity contribution >= 4 is 44.0 Å². The van der Waals surface area contributed by atoms with Gasteiger partial charge in [0.1, 0.15) is 23.2 Å². The molecule has 3 aromatic carbocycles. The van der Waals surface area contributed by atoms with Gasteiger partial charge in [-0.15, -0.1) is 11.8 Å². The van der Waals surface area contributed by atoms with Gasteiger partial charge in [0.05, 0.1) is 31.8 Å². The zero-order chi connectivity index (χ0) is 39.8. The molecule has 3 aromatic rings. The van der Waals surface area contributed by atoms with Gasteiger partial charge < -0.3 is 4.74 Å². The molecule has 10 heteroatoms. The third-order valence-corrected chi connectivity index (χ3v) is 10.3. The van der Waals surface area contributed by atoms with Crippen molar-refractivity contribution in [2.24, 2.45) is 4.99 Å². The van der Waals surface area contributed by atoms with Gasteiger partial charge in [-0.3, -0.25) is 4.99 Å². The van der Waals surface area contributed by atoms with E-state index in [1.165, 1.54) is 23.9 Å². The predicted octanol–water partition coefficient (Wildman–Crippen LogP) is 13.1. The van der Waals surface area contributed by atoms with Gasteiger partial charge in [-0.25, -0.2) is 22.1 Å². The van der Waals surface area contributed by atoms with Gasteiger partial charge in [-0.2, -0.15) is 0 Å². The number of aryl methyl sites for hydroxylation is 1. The van der Waals surface area contributed by atoms with Gasteiger partial charge in [0.2, 0.25) is 0 Å². The van der Waals surface area contributed by atoms with Crippen molar-refractivity contribution in [1.82, 2.24) is 4.72 Å². The maximum atomic E-state index is 14.8. The summed E-state index contributed by atoms with van der Waals surface area (Å²) < 4.78 is 62.6. The van der Waals surface area contributed by atoms with E-state index in [-0.39, 0.29) is 27.4 Å². The lowest BCUT2D eigenvalue weighted by molar-refractivity contribution is 0.413. The van der Waals surface area contributed by atoms with Crippen LogP contribution in [0.5, 0.6) is 5.75 Å². The number of aliphatic imine (C=N–C) groups is 1. The van der Waals surface area contributed by atoms with Crippen molar-refractivity contribution in [3.8, 4) is 5.75 Å². The fourth-order valence-corrected chi connectivity index (χ4v) is 6.16. The molecule has 1 unspecified atom stereocenters. The van der Waals surface area contributed by atoms with Crippen LogP contribution in [0.3, 0.4) is 0 Å². The van der Waals surface area contributed by atoms with Crippen molar-refractivity contribution in [2.45, 2.75) is 118 Å². The summed E-state index contributed by atoms with van der Waals surface area (Å²) in [5.74, 6) is 2.66. The molecule has 0 amide bonds. The monoisotopic (exact) mass is 770 g/mol. The molecule has 0 aliphatic rings. The number of rotatable bonds is 12. The Kier molecular flexibility index (Phi) is 26.6. The molecule has 288 valence electrons. The molecule has 0 aromatic heterocycles. The van der Waals surface area contributed by atoms with Gasteiger partial charge in [0.25, 0.3) is 0 Å². The van der Waals surface area contributed by atoms with Crippen LogP contribution in [0.15, 0.2) is 76.3 Å². The highest BCUT2D eigenvalue weighted by atomic mass is 35.5. The molecule has 0 fully saturated rings. The highest BCUT2D eigenvalue weighted by molar-refractivity contribution is 8.13. The van der Waals surface area contributed by atoms with E-state index in [0.717, 1.165) is 48.1 Å². The summed E-state index contributed by atoms with van der Waals surface area (Å²) in [6, 6.07) is 14.3. The maximum Gasteiger partial charge on any atom is 0.137 e. The highest BCUT2D eigenvalue weighted by Crippen LogP contribution is 2.36. The molecule has 0 aliphatic carbocycles. The first-order valence-corrected chi connectivity index (χ1v) is 20.7. The van der Waals surface area contributed by atoms with E-state index in [2.05, 4.69) is 36.4 Å². The topological polar surface area (TPSA) is 50.7 Å². The number of ether oxygens (including phenoxy) is 1. The molecule has 3 rings (SSSR count). The van der Waals surface area contributed by atoms with Crippen LogP contribution in [0.4, 0.5) is 13.2 Å². The smallest absolute Gasteiger partial charge is 0.137 e. The number of hydrogen-bond donors (Lipinski definition) is 1. The van der Waals surface area contributed by atoms with Crippen molar-refractivity contribution in [3.05, 3.63) is 106 Å². The number of nitrogens with one attached hydrogen (secondary N) is 1. The first-order valence-electron chi connectivity index (χ1n) is 17.6. The molecule has 0 spiro atoms. The minimum Gasteiger partial charge on any atom is -0.495 e. The second-order valence-electron chi connectivity index (χ2n) is 11.2. The number of halogens is 4. The largest absolute Gasteiger partial charge is 0.495 e. The Labute approximate surface area is 317 Å². The van der Waals surface area contributed by atoms with Crippen LogP contribution in [0.1, 0.15) is 112 Å². The number of nitrogens with zero attached hydrogens (tertiary/aromatic N) is 1. The summed E-state index contributed by atoms with van der Waals surface area (Å²) in [6.07, 6.45) is 4.58. The predicted molar refractivity (Wildman–Crippen MR) is 222 cm³/mol. The van der Waals surface area contributed by atoms with E-state index in [9.17, 15) is 17.4 Å². The lowest BCUT2D eigenvalue weighted by Crippen LogP contribution is -2.25. The minimum absolute atomic E-state index is 0.0257. The molecule has 1 atom stereocenters. The third kappa shape index (κ3) is 18.1. The Morgan fingerprint density at radius 2 is 1.51 bits per heavy atom. The van der Waals surface area contributed by atoms with Crippen LogP contribution in [0.2, 0.25) is 5.02 Å². The van der Waals surface area contributed by atoms with Crippen LogP contribution in [-0.2, 0) is 20.9 Å². The van der Waals surface area contributed by atoms with Gasteiger partial charge in [0.15, 0.2) is 0 Å². The molecule has 0 saturated carbocycles. The normalized spacial score (nSPS) is 12.3. The van der Waals surface area contributed by atoms with Crippen LogP contribution in [-0.4, -0.2) is 28.8 Å². The number of unbranched alkanes of at least 4 members (excludes halogenated alkanes) is 2. The molecular formula is C41H62ClF3N2O2S2. The van der Waals surface area contributed by atoms with Crippen LogP contribution in [0, 0.1) is 24.4 Å². The zero-order valence-electron chi connectivity index (χ0n) is 33.1. The van der Waals surface area contributed by atoms with E-state index in [1.54, 1.807) is 38.4 Å². The Morgan fingerprint density at radius 1 is 0.961 bits per heavy atom. The number of hydrogen-bond acceptors (Lipinski definition) is 4. The Bertz CT molecular complexity index is 1550. The van der Waals surface area contributed by atoms with Crippen molar-refractivity contribution < 1.29 is 22.1 Å². The third-order valence-electron chi connectivity index (χ3n) is 7.35. The summed E-state index contributed by atoms with van der Waals surface area (Å²) in [6.45, 7) is 24.4. The number of thioether (sulfide) groups is 1. The number of allylic oxidation sites excluding steroid dienone is 1. The lowest BCUT2D eigenvalue weighted by atomic mass is 9.78. The quantitative estimate of drug-likeness (QED) is 0.0863. The van der Waals surface area contributed by atoms with E-state index >= 15 is 0 Å². The molecular weight excluding hydrogens is 709 g/mol. The van der Waals surface area contributed by atoms with Gasteiger partial charge in [-0.05, 0) is 80.6 Å². The highest BCUT2D eigenvalue weighted by Gasteiger charge is 2.24. The molecule has 0 aliphatic heterocycles. The summed E-state index contributed by atoms with van der Waals surface area (Å²) in [5, 5.41) is 1.20. The molecule has 1 N–H and O–H groups in total. The first-order chi connectivity index (χ1) is 24.1. The average molecular weight is 772 g/mol. The van der Waals surface area contributed by atoms with E-state index < -0.39 is 21.3 Å². The summed E-state index contributed by atoms with van der Waals surface area (Å²) in [4.78, 5) is 4.53. The Hall–Kier alpha value is -2.72. The van der Waals surface area contributed by atoms with E-state index in [0.29, 0.717) is 22.4 Å². The van der Waals surface area contributed by atoms with Crippen LogP contribution in [0.25, 0.3) is 0 Å². The van der Waals surface area contributed by atoms with Crippen molar-refractivity contribution in [1.29, 1.82) is 0 Å². The molecule has 0 saturated heterocycles. The second-order valence-corrected chi connectivity index (χ2v) is 14.8. The van der Waals surface area contributed by atoms with Gasteiger partial charge in [-0.1, -0.05) is 111 Å². The zero-order valence-corrected chi connectivity index (χ0v) is 35.5. The fourth-order valence-electron chi connectivity index (χ4n) is 3.98. The van der Waals surface area contributed by atoms with E-state index in [4.69, 9.17) is 16.3 Å². The molecule has 0 heterocycles. The van der Waals surface area contributed by atoms with Crippen molar-refractivity contribution in [3.63, 3.8) is 0 Å². The number of benzene rings is 3. The summed E-state index contributed by atoms with van der Waals surface area (Å²) in [5.41, 5.74) is 2.68. The lowest BCUT2D eigenvalue weighted by Gasteiger charge is -2.27. The van der Waals surface area contributed by atoms with Crippen molar-refractivity contribution in [2.75, 3.05) is 13.7 Å². The molecule has 4 nitrogen and oxygen atoms in total.